The molecule has 0 fully saturated rings. The van der Waals surface area contributed by atoms with Gasteiger partial charge in [-0.2, -0.15) is 0 Å². The van der Waals surface area contributed by atoms with E-state index >= 15 is 0 Å². The third-order valence-corrected chi connectivity index (χ3v) is 2.97. The van der Waals surface area contributed by atoms with Crippen molar-refractivity contribution in [2.75, 3.05) is 11.9 Å². The molecule has 6 heteroatoms. The summed E-state index contributed by atoms with van der Waals surface area (Å²) in [6.45, 7) is 7.67. The Kier molecular flexibility index (Phi) is 5.80. The highest BCUT2D eigenvalue weighted by Gasteiger charge is 2.16. The number of anilines is 1. The Bertz CT molecular complexity index is 475. The second-order valence-electron chi connectivity index (χ2n) is 5.55. The number of halogens is 2. The lowest BCUT2D eigenvalue weighted by Crippen LogP contribution is -2.38. The van der Waals surface area contributed by atoms with E-state index in [9.17, 15) is 9.18 Å². The molecule has 0 heterocycles. The molecule has 0 aliphatic heterocycles. The van der Waals surface area contributed by atoms with E-state index in [1.165, 1.54) is 12.1 Å². The van der Waals surface area contributed by atoms with Crippen LogP contribution in [0.3, 0.4) is 0 Å². The third kappa shape index (κ3) is 6.23. The average molecular weight is 347 g/mol. The number of carbonyl (C=O) groups excluding carboxylic acids is 1. The molecule has 1 unspecified atom stereocenters. The van der Waals surface area contributed by atoms with Crippen LogP contribution in [0.4, 0.5) is 14.9 Å². The fraction of sp³-hybridized carbons (Fsp3) is 0.500. The maximum Gasteiger partial charge on any atom is 0.407 e. The largest absolute Gasteiger partial charge is 0.444 e. The lowest BCUT2D eigenvalue weighted by Gasteiger charge is -2.21. The number of hydrogen-bond donors (Lipinski definition) is 2. The van der Waals surface area contributed by atoms with Gasteiger partial charge in [0.1, 0.15) is 11.4 Å². The quantitative estimate of drug-likeness (QED) is 0.868. The molecule has 1 aromatic carbocycles. The Morgan fingerprint density at radius 2 is 2.10 bits per heavy atom. The van der Waals surface area contributed by atoms with Gasteiger partial charge in [-0.05, 0) is 61.8 Å². The molecule has 0 aliphatic rings. The van der Waals surface area contributed by atoms with Crippen molar-refractivity contribution in [1.82, 2.24) is 5.32 Å². The molecule has 1 rings (SSSR count). The summed E-state index contributed by atoms with van der Waals surface area (Å²) in [6, 6.07) is 4.33. The van der Waals surface area contributed by atoms with Gasteiger partial charge in [0.05, 0.1) is 5.69 Å². The predicted octanol–water partition coefficient (Wildman–Crippen LogP) is 3.91. The maximum absolute atomic E-state index is 13.1. The lowest BCUT2D eigenvalue weighted by molar-refractivity contribution is 0.0526. The van der Waals surface area contributed by atoms with E-state index in [4.69, 9.17) is 4.74 Å². The van der Waals surface area contributed by atoms with Gasteiger partial charge >= 0.3 is 6.09 Å². The van der Waals surface area contributed by atoms with Gasteiger partial charge in [0.25, 0.3) is 0 Å². The van der Waals surface area contributed by atoms with Gasteiger partial charge in [-0.3, -0.25) is 0 Å². The van der Waals surface area contributed by atoms with Crippen LogP contribution in [0.2, 0.25) is 0 Å². The minimum Gasteiger partial charge on any atom is -0.444 e. The van der Waals surface area contributed by atoms with E-state index in [2.05, 4.69) is 26.6 Å². The first-order chi connectivity index (χ1) is 9.17. The summed E-state index contributed by atoms with van der Waals surface area (Å²) in [4.78, 5) is 11.5. The molecule has 1 aromatic rings. The first-order valence-corrected chi connectivity index (χ1v) is 7.15. The van der Waals surface area contributed by atoms with Gasteiger partial charge in [0, 0.05) is 17.1 Å². The van der Waals surface area contributed by atoms with E-state index in [0.29, 0.717) is 12.2 Å². The molecule has 0 aliphatic carbocycles. The summed E-state index contributed by atoms with van der Waals surface area (Å²) in [5, 5.41) is 5.77. The number of nitrogens with one attached hydrogen (secondary N) is 2. The van der Waals surface area contributed by atoms with Gasteiger partial charge in [0.15, 0.2) is 0 Å². The molecule has 0 spiro atoms. The minimum atomic E-state index is -0.521. The minimum absolute atomic E-state index is 0.0689. The highest BCUT2D eigenvalue weighted by molar-refractivity contribution is 9.10. The van der Waals surface area contributed by atoms with Crippen molar-refractivity contribution >= 4 is 27.7 Å². The fourth-order valence-electron chi connectivity index (χ4n) is 1.48. The normalized spacial score (nSPS) is 12.7. The van der Waals surface area contributed by atoms with Crippen molar-refractivity contribution < 1.29 is 13.9 Å². The van der Waals surface area contributed by atoms with E-state index in [-0.39, 0.29) is 11.9 Å². The van der Waals surface area contributed by atoms with Crippen LogP contribution in [-0.4, -0.2) is 24.3 Å². The SMILES string of the molecule is CC(CNC(=O)OC(C)(C)C)Nc1cc(F)ccc1Br. The van der Waals surface area contributed by atoms with Crippen LogP contribution in [0.15, 0.2) is 22.7 Å². The number of benzene rings is 1. The van der Waals surface area contributed by atoms with E-state index in [0.717, 1.165) is 4.47 Å². The van der Waals surface area contributed by atoms with Crippen LogP contribution in [0.25, 0.3) is 0 Å². The molecule has 2 N–H and O–H groups in total. The molecule has 0 saturated heterocycles. The smallest absolute Gasteiger partial charge is 0.407 e. The summed E-state index contributed by atoms with van der Waals surface area (Å²) in [5.41, 5.74) is 0.121. The Morgan fingerprint density at radius 3 is 2.70 bits per heavy atom. The van der Waals surface area contributed by atoms with E-state index in [1.807, 2.05) is 6.92 Å². The Balaban J connectivity index is 2.46. The highest BCUT2D eigenvalue weighted by Crippen LogP contribution is 2.23. The van der Waals surface area contributed by atoms with Crippen molar-refractivity contribution in [3.8, 4) is 0 Å². The Hall–Kier alpha value is -1.30. The van der Waals surface area contributed by atoms with E-state index < -0.39 is 11.7 Å². The number of rotatable bonds is 4. The van der Waals surface area contributed by atoms with Crippen molar-refractivity contribution in [2.45, 2.75) is 39.3 Å². The number of alkyl carbamates (subject to hydrolysis) is 1. The highest BCUT2D eigenvalue weighted by atomic mass is 79.9. The van der Waals surface area contributed by atoms with Crippen LogP contribution in [0.1, 0.15) is 27.7 Å². The average Bonchev–Trinajstić information content (AvgIpc) is 2.29. The molecule has 1 atom stereocenters. The summed E-state index contributed by atoms with van der Waals surface area (Å²) in [5.74, 6) is -0.317. The number of amides is 1. The summed E-state index contributed by atoms with van der Waals surface area (Å²) in [6.07, 6.45) is -0.468. The van der Waals surface area contributed by atoms with Crippen LogP contribution < -0.4 is 10.6 Å². The molecule has 0 bridgehead atoms. The molecule has 4 nitrogen and oxygen atoms in total. The van der Waals surface area contributed by atoms with Crippen molar-refractivity contribution in [3.05, 3.63) is 28.5 Å². The summed E-state index contributed by atoms with van der Waals surface area (Å²) < 4.78 is 19.0. The zero-order valence-corrected chi connectivity index (χ0v) is 13.7. The number of ether oxygens (including phenoxy) is 1. The van der Waals surface area contributed by atoms with Gasteiger partial charge in [-0.15, -0.1) is 0 Å². The zero-order chi connectivity index (χ0) is 15.3. The summed E-state index contributed by atoms with van der Waals surface area (Å²) in [7, 11) is 0. The Morgan fingerprint density at radius 1 is 1.45 bits per heavy atom. The Labute approximate surface area is 127 Å². The van der Waals surface area contributed by atoms with Gasteiger partial charge in [0.2, 0.25) is 0 Å². The maximum atomic E-state index is 13.1. The monoisotopic (exact) mass is 346 g/mol. The molecule has 0 aromatic heterocycles. The molecule has 1 amide bonds. The number of carbonyl (C=O) groups is 1. The molecular formula is C14H20BrFN2O2. The molecular weight excluding hydrogens is 327 g/mol. The first-order valence-electron chi connectivity index (χ1n) is 6.36. The molecule has 20 heavy (non-hydrogen) atoms. The van der Waals surface area contributed by atoms with Crippen molar-refractivity contribution in [3.63, 3.8) is 0 Å². The van der Waals surface area contributed by atoms with Crippen LogP contribution >= 0.6 is 15.9 Å². The predicted molar refractivity (Wildman–Crippen MR) is 81.4 cm³/mol. The number of hydrogen-bond acceptors (Lipinski definition) is 3. The van der Waals surface area contributed by atoms with Crippen molar-refractivity contribution in [2.24, 2.45) is 0 Å². The van der Waals surface area contributed by atoms with Gasteiger partial charge < -0.3 is 15.4 Å². The summed E-state index contributed by atoms with van der Waals surface area (Å²) >= 11 is 3.34. The lowest BCUT2D eigenvalue weighted by atomic mass is 10.2. The molecule has 112 valence electrons. The van der Waals surface area contributed by atoms with E-state index in [1.54, 1.807) is 26.8 Å². The third-order valence-electron chi connectivity index (χ3n) is 2.28. The zero-order valence-electron chi connectivity index (χ0n) is 12.1. The molecule has 0 saturated carbocycles. The standard InChI is InChI=1S/C14H20BrFN2O2/c1-9(8-17-13(19)20-14(2,3)4)18-12-7-10(16)5-6-11(12)15/h5-7,9,18H,8H2,1-4H3,(H,17,19). The van der Waals surface area contributed by atoms with Crippen LogP contribution in [-0.2, 0) is 4.74 Å². The topological polar surface area (TPSA) is 50.4 Å². The van der Waals surface area contributed by atoms with Crippen molar-refractivity contribution in [1.29, 1.82) is 0 Å². The van der Waals surface area contributed by atoms with Gasteiger partial charge in [-0.25, -0.2) is 9.18 Å². The first kappa shape index (κ1) is 16.8. The fourth-order valence-corrected chi connectivity index (χ4v) is 1.84. The second kappa shape index (κ2) is 6.92. The van der Waals surface area contributed by atoms with Gasteiger partial charge in [-0.1, -0.05) is 0 Å². The van der Waals surface area contributed by atoms with Crippen LogP contribution in [0, 0.1) is 5.82 Å². The van der Waals surface area contributed by atoms with Crippen LogP contribution in [0.5, 0.6) is 0 Å². The second-order valence-corrected chi connectivity index (χ2v) is 6.41. The molecule has 0 radical (unpaired) electrons.